The molecule has 0 unspecified atom stereocenters. The smallest absolute Gasteiger partial charge is 0.271 e. The molecule has 0 aliphatic carbocycles. The van der Waals surface area contributed by atoms with Crippen LogP contribution in [0.2, 0.25) is 0 Å². The molecule has 0 radical (unpaired) electrons. The van der Waals surface area contributed by atoms with Gasteiger partial charge in [-0.3, -0.25) is 9.59 Å². The number of carbonyl (C=O) groups is 1. The van der Waals surface area contributed by atoms with E-state index in [-0.39, 0.29) is 30.2 Å². The minimum Gasteiger partial charge on any atom is -0.349 e. The molecule has 0 spiro atoms. The molecule has 0 fully saturated rings. The molecule has 4 rings (SSSR count). The molecule has 0 bridgehead atoms. The fourth-order valence-corrected chi connectivity index (χ4v) is 3.12. The van der Waals surface area contributed by atoms with Crippen LogP contribution in [0.4, 0.5) is 0 Å². The normalized spacial score (nSPS) is 10.7. The summed E-state index contributed by atoms with van der Waals surface area (Å²) in [4.78, 5) is 29.0. The number of hydrogen-bond acceptors (Lipinski definition) is 8. The van der Waals surface area contributed by atoms with E-state index in [2.05, 4.69) is 30.7 Å². The first kappa shape index (κ1) is 17.7. The highest BCUT2D eigenvalue weighted by molar-refractivity contribution is 7.13. The van der Waals surface area contributed by atoms with Crippen molar-refractivity contribution in [1.29, 1.82) is 0 Å². The third-order valence-electron chi connectivity index (χ3n) is 3.79. The quantitative estimate of drug-likeness (QED) is 0.513. The third kappa shape index (κ3) is 3.83. The third-order valence-corrected chi connectivity index (χ3v) is 4.68. The van der Waals surface area contributed by atoms with Gasteiger partial charge in [0.2, 0.25) is 0 Å². The molecule has 4 aromatic heterocycles. The number of aromatic nitrogens is 7. The molecule has 4 aromatic rings. The van der Waals surface area contributed by atoms with E-state index in [9.17, 15) is 9.59 Å². The molecular weight excluding hydrogens is 380 g/mol. The summed E-state index contributed by atoms with van der Waals surface area (Å²) in [7, 11) is 0. The van der Waals surface area contributed by atoms with Gasteiger partial charge >= 0.3 is 0 Å². The predicted molar refractivity (Wildman–Crippen MR) is 101 cm³/mol. The minimum absolute atomic E-state index is 0.163. The van der Waals surface area contributed by atoms with Crippen molar-refractivity contribution in [2.24, 2.45) is 0 Å². The van der Waals surface area contributed by atoms with E-state index in [0.717, 1.165) is 10.6 Å². The van der Waals surface area contributed by atoms with Gasteiger partial charge in [-0.05, 0) is 29.6 Å². The zero-order valence-electron chi connectivity index (χ0n) is 14.5. The Kier molecular flexibility index (Phi) is 4.97. The van der Waals surface area contributed by atoms with Gasteiger partial charge < -0.3 is 5.32 Å². The molecule has 140 valence electrons. The second-order valence-electron chi connectivity index (χ2n) is 5.63. The number of carbonyl (C=O) groups excluding carboxylic acids is 1. The summed E-state index contributed by atoms with van der Waals surface area (Å²) in [6.07, 6.45) is 2.87. The van der Waals surface area contributed by atoms with Gasteiger partial charge in [-0.2, -0.15) is 10.2 Å². The van der Waals surface area contributed by atoms with Gasteiger partial charge in [0.15, 0.2) is 11.5 Å². The Morgan fingerprint density at radius 3 is 2.79 bits per heavy atom. The zero-order chi connectivity index (χ0) is 19.3. The van der Waals surface area contributed by atoms with Gasteiger partial charge in [0, 0.05) is 12.6 Å². The van der Waals surface area contributed by atoms with Crippen molar-refractivity contribution < 1.29 is 4.79 Å². The lowest BCUT2D eigenvalue weighted by molar-refractivity contribution is 0.0945. The summed E-state index contributed by atoms with van der Waals surface area (Å²) in [6.45, 7) is 0.473. The predicted octanol–water partition coefficient (Wildman–Crippen LogP) is 0.772. The molecule has 0 saturated carbocycles. The van der Waals surface area contributed by atoms with Crippen LogP contribution in [0.3, 0.4) is 0 Å². The Morgan fingerprint density at radius 2 is 2.07 bits per heavy atom. The van der Waals surface area contributed by atoms with Crippen LogP contribution in [0.15, 0.2) is 59.2 Å². The number of hydrogen-bond donors (Lipinski definition) is 1. The second kappa shape index (κ2) is 7.88. The summed E-state index contributed by atoms with van der Waals surface area (Å²) in [5.41, 5.74) is 0.651. The molecule has 1 amide bonds. The number of thiophene rings is 1. The van der Waals surface area contributed by atoms with Gasteiger partial charge in [0.25, 0.3) is 11.5 Å². The minimum atomic E-state index is -0.389. The van der Waals surface area contributed by atoms with Crippen LogP contribution in [0.25, 0.3) is 16.4 Å². The van der Waals surface area contributed by atoms with Crippen molar-refractivity contribution in [1.82, 2.24) is 40.1 Å². The molecule has 28 heavy (non-hydrogen) atoms. The van der Waals surface area contributed by atoms with Crippen LogP contribution in [0.5, 0.6) is 0 Å². The van der Waals surface area contributed by atoms with Crippen LogP contribution in [0.1, 0.15) is 10.5 Å². The number of amides is 1. The monoisotopic (exact) mass is 394 g/mol. The summed E-state index contributed by atoms with van der Waals surface area (Å²) in [5, 5.41) is 20.8. The van der Waals surface area contributed by atoms with E-state index in [1.165, 1.54) is 28.1 Å². The molecule has 4 heterocycles. The molecule has 0 aliphatic rings. The van der Waals surface area contributed by atoms with Crippen molar-refractivity contribution in [2.45, 2.75) is 6.54 Å². The maximum Gasteiger partial charge on any atom is 0.271 e. The Hall–Kier alpha value is -3.73. The highest BCUT2D eigenvalue weighted by Gasteiger charge is 2.10. The highest BCUT2D eigenvalue weighted by Crippen LogP contribution is 2.20. The number of nitrogens with one attached hydrogen (secondary N) is 1. The maximum atomic E-state index is 12.2. The summed E-state index contributed by atoms with van der Waals surface area (Å²) >= 11 is 1.54. The SMILES string of the molecule is O=C(NCCn1nc(-c2cccs2)ccc1=O)c1ccc(-n2cncn2)nn1. The molecule has 10 nitrogen and oxygen atoms in total. The van der Waals surface area contributed by atoms with Crippen molar-refractivity contribution >= 4 is 17.2 Å². The fraction of sp³-hybridized carbons (Fsp3) is 0.118. The molecule has 0 aromatic carbocycles. The average molecular weight is 394 g/mol. The van der Waals surface area contributed by atoms with Gasteiger partial charge in [-0.1, -0.05) is 6.07 Å². The van der Waals surface area contributed by atoms with Crippen LogP contribution < -0.4 is 10.9 Å². The molecular formula is C17H14N8O2S. The van der Waals surface area contributed by atoms with Crippen molar-refractivity contribution in [3.63, 3.8) is 0 Å². The summed E-state index contributed by atoms with van der Waals surface area (Å²) in [6, 6.07) is 10.2. The van der Waals surface area contributed by atoms with Crippen LogP contribution in [-0.2, 0) is 6.54 Å². The van der Waals surface area contributed by atoms with Crippen molar-refractivity contribution in [2.75, 3.05) is 6.54 Å². The van der Waals surface area contributed by atoms with Crippen molar-refractivity contribution in [3.05, 3.63) is 70.5 Å². The first-order valence-electron chi connectivity index (χ1n) is 8.30. The molecule has 0 atom stereocenters. The van der Waals surface area contributed by atoms with Gasteiger partial charge in [-0.15, -0.1) is 21.5 Å². The lowest BCUT2D eigenvalue weighted by Crippen LogP contribution is -2.32. The largest absolute Gasteiger partial charge is 0.349 e. The van der Waals surface area contributed by atoms with Gasteiger partial charge in [-0.25, -0.2) is 14.3 Å². The second-order valence-corrected chi connectivity index (χ2v) is 6.58. The van der Waals surface area contributed by atoms with E-state index in [0.29, 0.717) is 5.82 Å². The fourth-order valence-electron chi connectivity index (χ4n) is 2.43. The Bertz CT molecular complexity index is 1120. The van der Waals surface area contributed by atoms with E-state index in [1.807, 2.05) is 17.5 Å². The summed E-state index contributed by atoms with van der Waals surface area (Å²) in [5.74, 6) is 0.0651. The Balaban J connectivity index is 1.38. The maximum absolute atomic E-state index is 12.2. The topological polar surface area (TPSA) is 120 Å². The average Bonchev–Trinajstić information content (AvgIpc) is 3.44. The first-order valence-corrected chi connectivity index (χ1v) is 9.18. The summed E-state index contributed by atoms with van der Waals surface area (Å²) < 4.78 is 2.77. The molecule has 1 N–H and O–H groups in total. The van der Waals surface area contributed by atoms with Crippen molar-refractivity contribution in [3.8, 4) is 16.4 Å². The van der Waals surface area contributed by atoms with Crippen LogP contribution >= 0.6 is 11.3 Å². The zero-order valence-corrected chi connectivity index (χ0v) is 15.3. The van der Waals surface area contributed by atoms with E-state index >= 15 is 0 Å². The molecule has 11 heteroatoms. The van der Waals surface area contributed by atoms with Gasteiger partial charge in [0.1, 0.15) is 18.3 Å². The Labute approximate surface area is 162 Å². The highest BCUT2D eigenvalue weighted by atomic mass is 32.1. The van der Waals surface area contributed by atoms with Gasteiger partial charge in [0.05, 0.1) is 11.4 Å². The molecule has 0 aliphatic heterocycles. The van der Waals surface area contributed by atoms with Crippen LogP contribution in [0, 0.1) is 0 Å². The molecule has 0 saturated heterocycles. The Morgan fingerprint density at radius 1 is 1.14 bits per heavy atom. The van der Waals surface area contributed by atoms with E-state index in [1.54, 1.807) is 29.5 Å². The number of nitrogens with zero attached hydrogens (tertiary/aromatic N) is 7. The standard InChI is InChI=1S/C17H14N8O2S/c26-16-6-4-12(14-2-1-9-28-14)23-24(16)8-7-19-17(27)13-3-5-15(22-21-13)25-11-18-10-20-25/h1-6,9-11H,7-8H2,(H,19,27). The lowest BCUT2D eigenvalue weighted by atomic mass is 10.3. The lowest BCUT2D eigenvalue weighted by Gasteiger charge is -2.07. The van der Waals surface area contributed by atoms with E-state index < -0.39 is 0 Å². The van der Waals surface area contributed by atoms with Crippen LogP contribution in [-0.4, -0.2) is 47.2 Å². The number of rotatable bonds is 6. The van der Waals surface area contributed by atoms with E-state index in [4.69, 9.17) is 0 Å². The first-order chi connectivity index (χ1) is 13.7.